The van der Waals surface area contributed by atoms with Crippen LogP contribution >= 0.6 is 0 Å². The Labute approximate surface area is 181 Å². The van der Waals surface area contributed by atoms with E-state index in [9.17, 15) is 19.5 Å². The standard InChI is InChI=1S/C23H29N3O5/c1-2-3-9-19(26-23(30)31-15-17-7-5-4-6-8-17)22(29)25-20(21(24)28)14-16-10-12-18(27)13-11-16/h4-8,10-13,19-20,27H,2-3,9,14-15H2,1H3,(H2,24,28)(H,25,29)(H,26,30)/t19-,20-/m0/s1. The van der Waals surface area contributed by atoms with Crippen LogP contribution in [0.15, 0.2) is 54.6 Å². The monoisotopic (exact) mass is 427 g/mol. The highest BCUT2D eigenvalue weighted by Crippen LogP contribution is 2.12. The summed E-state index contributed by atoms with van der Waals surface area (Å²) in [5, 5.41) is 14.6. The van der Waals surface area contributed by atoms with Crippen molar-refractivity contribution in [1.29, 1.82) is 0 Å². The number of rotatable bonds is 11. The molecule has 2 rings (SSSR count). The van der Waals surface area contributed by atoms with E-state index in [0.29, 0.717) is 12.8 Å². The van der Waals surface area contributed by atoms with Crippen LogP contribution in [-0.2, 0) is 27.4 Å². The van der Waals surface area contributed by atoms with Crippen molar-refractivity contribution in [2.24, 2.45) is 5.73 Å². The van der Waals surface area contributed by atoms with Gasteiger partial charge in [0.2, 0.25) is 11.8 Å². The van der Waals surface area contributed by atoms with E-state index in [4.69, 9.17) is 10.5 Å². The first-order valence-corrected chi connectivity index (χ1v) is 10.2. The molecule has 0 saturated carbocycles. The summed E-state index contributed by atoms with van der Waals surface area (Å²) >= 11 is 0. The molecule has 0 saturated heterocycles. The van der Waals surface area contributed by atoms with E-state index in [0.717, 1.165) is 17.5 Å². The Morgan fingerprint density at radius 3 is 2.26 bits per heavy atom. The molecule has 0 aliphatic heterocycles. The molecule has 31 heavy (non-hydrogen) atoms. The molecule has 5 N–H and O–H groups in total. The van der Waals surface area contributed by atoms with Crippen molar-refractivity contribution in [1.82, 2.24) is 10.6 Å². The van der Waals surface area contributed by atoms with Crippen LogP contribution in [0.25, 0.3) is 0 Å². The maximum Gasteiger partial charge on any atom is 0.408 e. The molecule has 0 radical (unpaired) electrons. The largest absolute Gasteiger partial charge is 0.508 e. The molecule has 0 fully saturated rings. The lowest BCUT2D eigenvalue weighted by Crippen LogP contribution is -2.53. The molecule has 0 spiro atoms. The summed E-state index contributed by atoms with van der Waals surface area (Å²) in [5.41, 5.74) is 7.01. The van der Waals surface area contributed by atoms with Gasteiger partial charge in [0.25, 0.3) is 0 Å². The highest BCUT2D eigenvalue weighted by atomic mass is 16.5. The van der Waals surface area contributed by atoms with E-state index in [1.807, 2.05) is 37.3 Å². The van der Waals surface area contributed by atoms with Crippen molar-refractivity contribution in [3.05, 3.63) is 65.7 Å². The van der Waals surface area contributed by atoms with Crippen LogP contribution in [0.3, 0.4) is 0 Å². The maximum absolute atomic E-state index is 12.8. The number of nitrogens with two attached hydrogens (primary N) is 1. The number of carbonyl (C=O) groups excluding carboxylic acids is 3. The Kier molecular flexibility index (Phi) is 9.35. The Hall–Kier alpha value is -3.55. The van der Waals surface area contributed by atoms with Gasteiger partial charge in [-0.1, -0.05) is 62.2 Å². The number of amides is 3. The molecule has 8 nitrogen and oxygen atoms in total. The smallest absolute Gasteiger partial charge is 0.408 e. The number of hydrogen-bond acceptors (Lipinski definition) is 5. The Morgan fingerprint density at radius 1 is 0.968 bits per heavy atom. The zero-order valence-corrected chi connectivity index (χ0v) is 17.5. The molecule has 2 aromatic rings. The van der Waals surface area contributed by atoms with Gasteiger partial charge in [-0.05, 0) is 29.7 Å². The first-order valence-electron chi connectivity index (χ1n) is 10.2. The summed E-state index contributed by atoms with van der Waals surface area (Å²) in [6.45, 7) is 2.05. The number of benzene rings is 2. The molecule has 0 aromatic heterocycles. The highest BCUT2D eigenvalue weighted by Gasteiger charge is 2.26. The van der Waals surface area contributed by atoms with Gasteiger partial charge in [-0.2, -0.15) is 0 Å². The van der Waals surface area contributed by atoms with Crippen LogP contribution in [0.4, 0.5) is 4.79 Å². The van der Waals surface area contributed by atoms with Gasteiger partial charge in [-0.15, -0.1) is 0 Å². The molecule has 0 unspecified atom stereocenters. The number of nitrogens with one attached hydrogen (secondary N) is 2. The van der Waals surface area contributed by atoms with Crippen molar-refractivity contribution >= 4 is 17.9 Å². The summed E-state index contributed by atoms with van der Waals surface area (Å²) in [6, 6.07) is 13.7. The number of unbranched alkanes of at least 4 members (excludes halogenated alkanes) is 1. The number of phenolic OH excluding ortho intramolecular Hbond substituents is 1. The summed E-state index contributed by atoms with van der Waals surface area (Å²) in [7, 11) is 0. The molecule has 3 amide bonds. The second kappa shape index (κ2) is 12.2. The van der Waals surface area contributed by atoms with Crippen molar-refractivity contribution in [3.63, 3.8) is 0 Å². The lowest BCUT2D eigenvalue weighted by atomic mass is 10.0. The zero-order valence-electron chi connectivity index (χ0n) is 17.5. The lowest BCUT2D eigenvalue weighted by Gasteiger charge is -2.22. The van der Waals surface area contributed by atoms with Crippen LogP contribution in [-0.4, -0.2) is 35.1 Å². The first kappa shape index (κ1) is 23.7. The lowest BCUT2D eigenvalue weighted by molar-refractivity contribution is -0.128. The van der Waals surface area contributed by atoms with Crippen LogP contribution in [0, 0.1) is 0 Å². The molecule has 0 bridgehead atoms. The van der Waals surface area contributed by atoms with E-state index in [-0.39, 0.29) is 18.8 Å². The maximum atomic E-state index is 12.8. The molecule has 2 aromatic carbocycles. The second-order valence-corrected chi connectivity index (χ2v) is 7.23. The number of alkyl carbamates (subject to hydrolysis) is 1. The molecular formula is C23H29N3O5. The van der Waals surface area contributed by atoms with Gasteiger partial charge in [0.1, 0.15) is 24.4 Å². The van der Waals surface area contributed by atoms with Crippen molar-refractivity contribution in [2.75, 3.05) is 0 Å². The predicted octanol–water partition coefficient (Wildman–Crippen LogP) is 2.39. The fourth-order valence-electron chi connectivity index (χ4n) is 2.95. The number of phenols is 1. The van der Waals surface area contributed by atoms with E-state index < -0.39 is 30.0 Å². The van der Waals surface area contributed by atoms with E-state index in [1.54, 1.807) is 12.1 Å². The number of carbonyl (C=O) groups is 3. The van der Waals surface area contributed by atoms with Gasteiger partial charge in [-0.25, -0.2) is 4.79 Å². The van der Waals surface area contributed by atoms with Crippen LogP contribution in [0.2, 0.25) is 0 Å². The second-order valence-electron chi connectivity index (χ2n) is 7.23. The van der Waals surface area contributed by atoms with Gasteiger partial charge < -0.3 is 26.2 Å². The van der Waals surface area contributed by atoms with Gasteiger partial charge in [-0.3, -0.25) is 9.59 Å². The summed E-state index contributed by atoms with van der Waals surface area (Å²) in [6.07, 6.45) is 1.38. The minimum absolute atomic E-state index is 0.0829. The van der Waals surface area contributed by atoms with E-state index in [2.05, 4.69) is 10.6 Å². The van der Waals surface area contributed by atoms with E-state index >= 15 is 0 Å². The predicted molar refractivity (Wildman–Crippen MR) is 116 cm³/mol. The first-order chi connectivity index (χ1) is 14.9. The third kappa shape index (κ3) is 8.38. The molecule has 8 heteroatoms. The van der Waals surface area contributed by atoms with Gasteiger partial charge in [0.05, 0.1) is 0 Å². The average molecular weight is 428 g/mol. The van der Waals surface area contributed by atoms with Crippen molar-refractivity contribution < 1.29 is 24.2 Å². The fourth-order valence-corrected chi connectivity index (χ4v) is 2.95. The third-order valence-electron chi connectivity index (χ3n) is 4.70. The Balaban J connectivity index is 1.97. The molecule has 0 heterocycles. The number of aromatic hydroxyl groups is 1. The Morgan fingerprint density at radius 2 is 1.65 bits per heavy atom. The summed E-state index contributed by atoms with van der Waals surface area (Å²) in [5.74, 6) is -1.10. The molecule has 0 aliphatic carbocycles. The minimum Gasteiger partial charge on any atom is -0.508 e. The zero-order chi connectivity index (χ0) is 22.6. The number of primary amides is 1. The molecule has 2 atom stereocenters. The SMILES string of the molecule is CCCC[C@H](NC(=O)OCc1ccccc1)C(=O)N[C@@H](Cc1ccc(O)cc1)C(N)=O. The van der Waals surface area contributed by atoms with Crippen LogP contribution in [0.1, 0.15) is 37.3 Å². The molecule has 0 aliphatic rings. The van der Waals surface area contributed by atoms with Gasteiger partial charge in [0, 0.05) is 6.42 Å². The minimum atomic E-state index is -0.955. The van der Waals surface area contributed by atoms with Crippen molar-refractivity contribution in [2.45, 2.75) is 51.3 Å². The number of ether oxygens (including phenoxy) is 1. The van der Waals surface area contributed by atoms with Crippen molar-refractivity contribution in [3.8, 4) is 5.75 Å². The quantitative estimate of drug-likeness (QED) is 0.437. The highest BCUT2D eigenvalue weighted by molar-refractivity contribution is 5.90. The van der Waals surface area contributed by atoms with Crippen LogP contribution in [0.5, 0.6) is 5.75 Å². The van der Waals surface area contributed by atoms with Gasteiger partial charge in [0.15, 0.2) is 0 Å². The molecule has 166 valence electrons. The summed E-state index contributed by atoms with van der Waals surface area (Å²) in [4.78, 5) is 36.9. The normalized spacial score (nSPS) is 12.4. The van der Waals surface area contributed by atoms with Gasteiger partial charge >= 0.3 is 6.09 Å². The topological polar surface area (TPSA) is 131 Å². The van der Waals surface area contributed by atoms with E-state index in [1.165, 1.54) is 12.1 Å². The Bertz CT molecular complexity index is 855. The average Bonchev–Trinajstić information content (AvgIpc) is 2.76. The number of hydrogen-bond donors (Lipinski definition) is 4. The molecular weight excluding hydrogens is 398 g/mol. The summed E-state index contributed by atoms with van der Waals surface area (Å²) < 4.78 is 5.20. The fraction of sp³-hybridized carbons (Fsp3) is 0.348. The van der Waals surface area contributed by atoms with Crippen LogP contribution < -0.4 is 16.4 Å². The third-order valence-corrected chi connectivity index (χ3v) is 4.70.